The molecule has 0 aliphatic heterocycles. The zero-order valence-electron chi connectivity index (χ0n) is 19.7. The van der Waals surface area contributed by atoms with Gasteiger partial charge >= 0.3 is 5.97 Å². The number of rotatable bonds is 11. The topological polar surface area (TPSA) is 120 Å². The number of carbonyl (C=O) groups is 3. The molecule has 0 radical (unpaired) electrons. The summed E-state index contributed by atoms with van der Waals surface area (Å²) < 4.78 is 41.9. The monoisotopic (exact) mass is 492 g/mol. The standard InChI is InChI=1S/C23H28N2O8S/c1-16(26)18-6-8-21(9-7-18)34(29,30)24(2)14-22(27)25(15-23(28)33-5)13-17-10-19(31-3)12-20(11-17)32-4/h6-12H,13-15H2,1-5H3. The molecule has 10 nitrogen and oxygen atoms in total. The van der Waals surface area contributed by atoms with E-state index in [0.717, 1.165) is 4.31 Å². The predicted molar refractivity (Wildman–Crippen MR) is 123 cm³/mol. The van der Waals surface area contributed by atoms with Crippen LogP contribution in [0.5, 0.6) is 11.5 Å². The molecular weight excluding hydrogens is 464 g/mol. The van der Waals surface area contributed by atoms with E-state index in [0.29, 0.717) is 22.6 Å². The molecule has 2 aromatic rings. The average molecular weight is 493 g/mol. The van der Waals surface area contributed by atoms with Crippen molar-refractivity contribution in [1.29, 1.82) is 0 Å². The zero-order valence-corrected chi connectivity index (χ0v) is 20.5. The van der Waals surface area contributed by atoms with Gasteiger partial charge in [0.2, 0.25) is 15.9 Å². The van der Waals surface area contributed by atoms with E-state index in [1.54, 1.807) is 18.2 Å². The van der Waals surface area contributed by atoms with Gasteiger partial charge in [-0.15, -0.1) is 0 Å². The summed E-state index contributed by atoms with van der Waals surface area (Å²) in [5.74, 6) is -0.477. The van der Waals surface area contributed by atoms with Gasteiger partial charge in [0.1, 0.15) is 18.0 Å². The number of ether oxygens (including phenoxy) is 3. The highest BCUT2D eigenvalue weighted by molar-refractivity contribution is 7.89. The van der Waals surface area contributed by atoms with Gasteiger partial charge in [0, 0.05) is 25.2 Å². The summed E-state index contributed by atoms with van der Waals surface area (Å²) in [6.07, 6.45) is 0. The normalized spacial score (nSPS) is 11.1. The Morgan fingerprint density at radius 1 is 0.882 bits per heavy atom. The molecule has 0 atom stereocenters. The highest BCUT2D eigenvalue weighted by Gasteiger charge is 2.27. The van der Waals surface area contributed by atoms with Gasteiger partial charge in [-0.1, -0.05) is 12.1 Å². The Kier molecular flexibility index (Phi) is 9.16. The van der Waals surface area contributed by atoms with Crippen molar-refractivity contribution in [3.05, 3.63) is 53.6 Å². The molecule has 0 saturated heterocycles. The second kappa shape index (κ2) is 11.6. The lowest BCUT2D eigenvalue weighted by Gasteiger charge is -2.25. The van der Waals surface area contributed by atoms with E-state index in [4.69, 9.17) is 9.47 Å². The van der Waals surface area contributed by atoms with Gasteiger partial charge in [0.05, 0.1) is 32.8 Å². The van der Waals surface area contributed by atoms with Crippen LogP contribution in [0, 0.1) is 0 Å². The third kappa shape index (κ3) is 6.78. The maximum atomic E-state index is 13.0. The second-order valence-corrected chi connectivity index (χ2v) is 9.43. The highest BCUT2D eigenvalue weighted by Crippen LogP contribution is 2.24. The minimum atomic E-state index is -4.02. The number of carbonyl (C=O) groups excluding carboxylic acids is 3. The number of methoxy groups -OCH3 is 3. The number of likely N-dealkylation sites (N-methyl/N-ethyl adjacent to an activating group) is 1. The van der Waals surface area contributed by atoms with E-state index in [-0.39, 0.29) is 23.8 Å². The summed E-state index contributed by atoms with van der Waals surface area (Å²) in [5, 5.41) is 0. The van der Waals surface area contributed by atoms with Crippen LogP contribution in [0.1, 0.15) is 22.8 Å². The van der Waals surface area contributed by atoms with Crippen LogP contribution >= 0.6 is 0 Å². The maximum Gasteiger partial charge on any atom is 0.325 e. The SMILES string of the molecule is COC(=O)CN(Cc1cc(OC)cc(OC)c1)C(=O)CN(C)S(=O)(=O)c1ccc(C(C)=O)cc1. The highest BCUT2D eigenvalue weighted by atomic mass is 32.2. The van der Waals surface area contributed by atoms with Crippen molar-refractivity contribution < 1.29 is 37.0 Å². The van der Waals surface area contributed by atoms with Gasteiger partial charge in [-0.05, 0) is 36.8 Å². The van der Waals surface area contributed by atoms with Crippen LogP contribution in [0.2, 0.25) is 0 Å². The molecule has 0 N–H and O–H groups in total. The van der Waals surface area contributed by atoms with Gasteiger partial charge in [0.25, 0.3) is 0 Å². The Labute approximate surface area is 199 Å². The van der Waals surface area contributed by atoms with E-state index < -0.39 is 28.4 Å². The first-order chi connectivity index (χ1) is 16.0. The van der Waals surface area contributed by atoms with Crippen molar-refractivity contribution in [3.8, 4) is 11.5 Å². The van der Waals surface area contributed by atoms with E-state index in [9.17, 15) is 22.8 Å². The van der Waals surface area contributed by atoms with E-state index in [2.05, 4.69) is 4.74 Å². The summed E-state index contributed by atoms with van der Waals surface area (Å²) in [6.45, 7) is 0.468. The lowest BCUT2D eigenvalue weighted by molar-refractivity contribution is -0.147. The number of benzene rings is 2. The summed E-state index contributed by atoms with van der Waals surface area (Å²) in [5.41, 5.74) is 0.981. The lowest BCUT2D eigenvalue weighted by Crippen LogP contribution is -2.43. The quantitative estimate of drug-likeness (QED) is 0.344. The zero-order chi connectivity index (χ0) is 25.5. The maximum absolute atomic E-state index is 13.0. The largest absolute Gasteiger partial charge is 0.497 e. The molecule has 2 aromatic carbocycles. The predicted octanol–water partition coefficient (Wildman–Crippen LogP) is 1.73. The van der Waals surface area contributed by atoms with Gasteiger partial charge in [-0.2, -0.15) is 4.31 Å². The molecule has 1 amide bonds. The van der Waals surface area contributed by atoms with E-state index >= 15 is 0 Å². The molecule has 11 heteroatoms. The van der Waals surface area contributed by atoms with Crippen molar-refractivity contribution in [2.75, 3.05) is 41.5 Å². The summed E-state index contributed by atoms with van der Waals surface area (Å²) in [7, 11) is 1.41. The molecule has 0 unspecified atom stereocenters. The van der Waals surface area contributed by atoms with Gasteiger partial charge in [-0.25, -0.2) is 8.42 Å². The third-order valence-corrected chi connectivity index (χ3v) is 6.83. The molecule has 0 aromatic heterocycles. The average Bonchev–Trinajstić information content (AvgIpc) is 2.82. The number of nitrogens with zero attached hydrogens (tertiary/aromatic N) is 2. The van der Waals surface area contributed by atoms with Gasteiger partial charge in [0.15, 0.2) is 5.78 Å². The molecule has 0 fully saturated rings. The molecule has 0 bridgehead atoms. The fourth-order valence-corrected chi connectivity index (χ4v) is 4.17. The fourth-order valence-electron chi connectivity index (χ4n) is 3.05. The molecule has 0 spiro atoms. The number of amides is 1. The number of sulfonamides is 1. The molecule has 184 valence electrons. The van der Waals surface area contributed by atoms with Crippen molar-refractivity contribution in [1.82, 2.24) is 9.21 Å². The van der Waals surface area contributed by atoms with Gasteiger partial charge in [-0.3, -0.25) is 14.4 Å². The third-order valence-electron chi connectivity index (χ3n) is 5.01. The molecular formula is C23H28N2O8S. The summed E-state index contributed by atoms with van der Waals surface area (Å²) >= 11 is 0. The minimum Gasteiger partial charge on any atom is -0.497 e. The van der Waals surface area contributed by atoms with E-state index in [1.807, 2.05) is 0 Å². The van der Waals surface area contributed by atoms with Crippen LogP contribution in [0.25, 0.3) is 0 Å². The smallest absolute Gasteiger partial charge is 0.325 e. The van der Waals surface area contributed by atoms with Crippen LogP contribution in [-0.2, 0) is 30.9 Å². The van der Waals surface area contributed by atoms with Crippen molar-refractivity contribution in [3.63, 3.8) is 0 Å². The van der Waals surface area contributed by atoms with Crippen LogP contribution in [0.3, 0.4) is 0 Å². The van der Waals surface area contributed by atoms with Crippen molar-refractivity contribution in [2.24, 2.45) is 0 Å². The first kappa shape index (κ1) is 26.8. The Hall–Kier alpha value is -3.44. The molecule has 0 saturated carbocycles. The summed E-state index contributed by atoms with van der Waals surface area (Å²) in [4.78, 5) is 37.5. The van der Waals surface area contributed by atoms with Crippen LogP contribution in [0.15, 0.2) is 47.4 Å². The molecule has 34 heavy (non-hydrogen) atoms. The van der Waals surface area contributed by atoms with Crippen LogP contribution < -0.4 is 9.47 Å². The first-order valence-electron chi connectivity index (χ1n) is 10.2. The Morgan fingerprint density at radius 3 is 1.91 bits per heavy atom. The summed E-state index contributed by atoms with van der Waals surface area (Å²) in [6, 6.07) is 10.4. The lowest BCUT2D eigenvalue weighted by atomic mass is 10.2. The Bertz CT molecular complexity index is 1120. The van der Waals surface area contributed by atoms with Gasteiger partial charge < -0.3 is 19.1 Å². The Balaban J connectivity index is 2.26. The number of Topliss-reactive ketones (excluding diaryl/α,β-unsaturated/α-hetero) is 1. The molecule has 0 aliphatic carbocycles. The molecule has 0 heterocycles. The first-order valence-corrected chi connectivity index (χ1v) is 11.6. The minimum absolute atomic E-state index is 0.0112. The van der Waals surface area contributed by atoms with Crippen LogP contribution in [-0.4, -0.2) is 76.7 Å². The Morgan fingerprint density at radius 2 is 1.44 bits per heavy atom. The number of esters is 1. The molecule has 2 rings (SSSR count). The number of hydrogen-bond donors (Lipinski definition) is 0. The van der Waals surface area contributed by atoms with Crippen molar-refractivity contribution >= 4 is 27.7 Å². The second-order valence-electron chi connectivity index (χ2n) is 7.39. The van der Waals surface area contributed by atoms with E-state index in [1.165, 1.54) is 64.5 Å². The molecule has 0 aliphatic rings. The fraction of sp³-hybridized carbons (Fsp3) is 0.348. The number of hydrogen-bond acceptors (Lipinski definition) is 8. The van der Waals surface area contributed by atoms with Crippen molar-refractivity contribution in [2.45, 2.75) is 18.4 Å². The number of ketones is 1. The van der Waals surface area contributed by atoms with Crippen LogP contribution in [0.4, 0.5) is 0 Å².